The SMILES string of the molecule is CCOc1ccc(S(=O)(=O)[C@@H]2CS(=O)(=O)C[C@H]2N2CCN(c3ccccn3)CC2)cc1. The lowest BCUT2D eigenvalue weighted by molar-refractivity contribution is 0.201. The van der Waals surface area contributed by atoms with Crippen LogP contribution < -0.4 is 9.64 Å². The zero-order valence-corrected chi connectivity index (χ0v) is 19.1. The summed E-state index contributed by atoms with van der Waals surface area (Å²) in [6.45, 7) is 4.86. The van der Waals surface area contributed by atoms with E-state index in [1.807, 2.05) is 30.0 Å². The summed E-state index contributed by atoms with van der Waals surface area (Å²) in [6.07, 6.45) is 1.74. The summed E-state index contributed by atoms with van der Waals surface area (Å²) in [6, 6.07) is 11.4. The molecule has 168 valence electrons. The number of pyridine rings is 1. The molecular weight excluding hydrogens is 438 g/mol. The first-order valence-electron chi connectivity index (χ1n) is 10.4. The number of ether oxygens (including phenoxy) is 1. The minimum absolute atomic E-state index is 0.127. The fourth-order valence-corrected chi connectivity index (χ4v) is 9.15. The van der Waals surface area contributed by atoms with E-state index in [4.69, 9.17) is 4.74 Å². The number of rotatable bonds is 6. The highest BCUT2D eigenvalue weighted by Crippen LogP contribution is 2.30. The van der Waals surface area contributed by atoms with Crippen LogP contribution in [0.5, 0.6) is 5.75 Å². The highest BCUT2D eigenvalue weighted by Gasteiger charge is 2.48. The van der Waals surface area contributed by atoms with E-state index < -0.39 is 31.0 Å². The van der Waals surface area contributed by atoms with Gasteiger partial charge >= 0.3 is 0 Å². The number of nitrogens with zero attached hydrogens (tertiary/aromatic N) is 3. The van der Waals surface area contributed by atoms with Gasteiger partial charge in [-0.25, -0.2) is 21.8 Å². The monoisotopic (exact) mass is 465 g/mol. The van der Waals surface area contributed by atoms with Crippen LogP contribution in [0.2, 0.25) is 0 Å². The van der Waals surface area contributed by atoms with E-state index in [1.54, 1.807) is 18.3 Å². The second kappa shape index (κ2) is 8.76. The molecule has 0 spiro atoms. The summed E-state index contributed by atoms with van der Waals surface area (Å²) in [4.78, 5) is 8.65. The van der Waals surface area contributed by atoms with Crippen LogP contribution in [0.15, 0.2) is 53.6 Å². The van der Waals surface area contributed by atoms with E-state index in [-0.39, 0.29) is 16.4 Å². The molecule has 2 atom stereocenters. The number of aromatic nitrogens is 1. The maximum Gasteiger partial charge on any atom is 0.183 e. The third-order valence-electron chi connectivity index (χ3n) is 5.89. The van der Waals surface area contributed by atoms with Crippen molar-refractivity contribution in [1.82, 2.24) is 9.88 Å². The number of benzene rings is 1. The Bertz CT molecular complexity index is 1100. The molecule has 2 aromatic rings. The summed E-state index contributed by atoms with van der Waals surface area (Å²) >= 11 is 0. The Morgan fingerprint density at radius 2 is 1.74 bits per heavy atom. The molecular formula is C21H27N3O5S2. The Morgan fingerprint density at radius 3 is 2.35 bits per heavy atom. The molecule has 2 saturated heterocycles. The molecule has 8 nitrogen and oxygen atoms in total. The molecule has 2 aliphatic heterocycles. The molecule has 0 saturated carbocycles. The van der Waals surface area contributed by atoms with Gasteiger partial charge in [0.2, 0.25) is 0 Å². The Labute approximate surface area is 183 Å². The summed E-state index contributed by atoms with van der Waals surface area (Å²) < 4.78 is 57.1. The summed E-state index contributed by atoms with van der Waals surface area (Å²) in [7, 11) is -7.25. The Morgan fingerprint density at radius 1 is 1.03 bits per heavy atom. The lowest BCUT2D eigenvalue weighted by atomic mass is 10.2. The lowest BCUT2D eigenvalue weighted by Gasteiger charge is -2.39. The predicted octanol–water partition coefficient (Wildman–Crippen LogP) is 1.24. The highest BCUT2D eigenvalue weighted by atomic mass is 32.2. The Balaban J connectivity index is 1.53. The Kier molecular flexibility index (Phi) is 6.23. The van der Waals surface area contributed by atoms with E-state index in [0.717, 1.165) is 5.82 Å². The van der Waals surface area contributed by atoms with Crippen molar-refractivity contribution in [3.8, 4) is 5.75 Å². The quantitative estimate of drug-likeness (QED) is 0.629. The van der Waals surface area contributed by atoms with E-state index in [0.29, 0.717) is 38.5 Å². The number of piperazine rings is 1. The number of hydrogen-bond acceptors (Lipinski definition) is 8. The fourth-order valence-electron chi connectivity index (χ4n) is 4.32. The lowest BCUT2D eigenvalue weighted by Crippen LogP contribution is -2.55. The van der Waals surface area contributed by atoms with Gasteiger partial charge in [0.1, 0.15) is 11.6 Å². The van der Waals surface area contributed by atoms with Gasteiger partial charge in [-0.3, -0.25) is 4.90 Å². The molecule has 3 heterocycles. The highest BCUT2D eigenvalue weighted by molar-refractivity contribution is 7.96. The van der Waals surface area contributed by atoms with Crippen molar-refractivity contribution in [3.05, 3.63) is 48.7 Å². The van der Waals surface area contributed by atoms with E-state index >= 15 is 0 Å². The van der Waals surface area contributed by atoms with Crippen molar-refractivity contribution >= 4 is 25.5 Å². The molecule has 0 aliphatic carbocycles. The zero-order chi connectivity index (χ0) is 22.1. The first-order chi connectivity index (χ1) is 14.8. The minimum Gasteiger partial charge on any atom is -0.494 e. The van der Waals surface area contributed by atoms with Gasteiger partial charge in [0, 0.05) is 38.4 Å². The summed E-state index contributed by atoms with van der Waals surface area (Å²) in [5, 5.41) is -0.975. The van der Waals surface area contributed by atoms with Gasteiger partial charge in [-0.05, 0) is 43.3 Å². The van der Waals surface area contributed by atoms with Crippen molar-refractivity contribution in [2.45, 2.75) is 23.1 Å². The number of anilines is 1. The second-order valence-electron chi connectivity index (χ2n) is 7.84. The van der Waals surface area contributed by atoms with Gasteiger partial charge in [0.05, 0.1) is 28.3 Å². The molecule has 1 aromatic heterocycles. The average Bonchev–Trinajstić information content (AvgIpc) is 3.11. The van der Waals surface area contributed by atoms with Crippen LogP contribution in [0.3, 0.4) is 0 Å². The van der Waals surface area contributed by atoms with Crippen LogP contribution in [0, 0.1) is 0 Å². The molecule has 31 heavy (non-hydrogen) atoms. The van der Waals surface area contributed by atoms with Crippen molar-refractivity contribution in [2.24, 2.45) is 0 Å². The van der Waals surface area contributed by atoms with Crippen molar-refractivity contribution in [3.63, 3.8) is 0 Å². The molecule has 0 amide bonds. The van der Waals surface area contributed by atoms with Crippen LogP contribution >= 0.6 is 0 Å². The fraction of sp³-hybridized carbons (Fsp3) is 0.476. The van der Waals surface area contributed by atoms with Gasteiger partial charge in [0.15, 0.2) is 19.7 Å². The van der Waals surface area contributed by atoms with E-state index in [1.165, 1.54) is 12.1 Å². The van der Waals surface area contributed by atoms with Crippen LogP contribution in [-0.4, -0.2) is 82.3 Å². The van der Waals surface area contributed by atoms with Crippen LogP contribution in [0.1, 0.15) is 6.92 Å². The predicted molar refractivity (Wildman–Crippen MR) is 119 cm³/mol. The molecule has 2 fully saturated rings. The topological polar surface area (TPSA) is 96.9 Å². The molecule has 10 heteroatoms. The number of sulfone groups is 2. The summed E-state index contributed by atoms with van der Waals surface area (Å²) in [5.41, 5.74) is 0. The second-order valence-corrected chi connectivity index (χ2v) is 12.2. The van der Waals surface area contributed by atoms with Crippen LogP contribution in [-0.2, 0) is 19.7 Å². The van der Waals surface area contributed by atoms with Gasteiger partial charge < -0.3 is 9.64 Å². The van der Waals surface area contributed by atoms with Crippen LogP contribution in [0.25, 0.3) is 0 Å². The van der Waals surface area contributed by atoms with Gasteiger partial charge in [-0.2, -0.15) is 0 Å². The Hall–Kier alpha value is -2.17. The molecule has 0 bridgehead atoms. The van der Waals surface area contributed by atoms with Gasteiger partial charge in [0.25, 0.3) is 0 Å². The zero-order valence-electron chi connectivity index (χ0n) is 17.4. The molecule has 0 N–H and O–H groups in total. The smallest absolute Gasteiger partial charge is 0.183 e. The maximum absolute atomic E-state index is 13.4. The number of hydrogen-bond donors (Lipinski definition) is 0. The standard InChI is InChI=1S/C21H27N3O5S2/c1-2-29-17-6-8-18(9-7-17)31(27,28)20-16-30(25,26)15-19(20)23-11-13-24(14-12-23)21-5-3-4-10-22-21/h3-10,19-20H,2,11-16H2,1H3/t19-,20-/m1/s1. The third kappa shape index (κ3) is 4.70. The van der Waals surface area contributed by atoms with Crippen LogP contribution in [0.4, 0.5) is 5.82 Å². The average molecular weight is 466 g/mol. The summed E-state index contributed by atoms with van der Waals surface area (Å²) in [5.74, 6) is 0.994. The van der Waals surface area contributed by atoms with E-state index in [9.17, 15) is 16.8 Å². The molecule has 0 unspecified atom stereocenters. The first-order valence-corrected chi connectivity index (χ1v) is 13.7. The molecule has 1 aromatic carbocycles. The normalized spacial score (nSPS) is 24.2. The van der Waals surface area contributed by atoms with Crippen molar-refractivity contribution in [1.29, 1.82) is 0 Å². The van der Waals surface area contributed by atoms with Crippen molar-refractivity contribution < 1.29 is 21.6 Å². The van der Waals surface area contributed by atoms with Gasteiger partial charge in [-0.1, -0.05) is 6.07 Å². The third-order valence-corrected chi connectivity index (χ3v) is 10.0. The molecule has 2 aliphatic rings. The van der Waals surface area contributed by atoms with Gasteiger partial charge in [-0.15, -0.1) is 0 Å². The maximum atomic E-state index is 13.4. The first kappa shape index (κ1) is 22.0. The largest absolute Gasteiger partial charge is 0.494 e. The van der Waals surface area contributed by atoms with Crippen molar-refractivity contribution in [2.75, 3.05) is 49.2 Å². The molecule has 0 radical (unpaired) electrons. The molecule has 4 rings (SSSR count). The minimum atomic E-state index is -3.81. The van der Waals surface area contributed by atoms with E-state index in [2.05, 4.69) is 9.88 Å².